The largest absolute Gasteiger partial charge is 0.306 e. The first-order valence-electron chi connectivity index (χ1n) is 5.69. The van der Waals surface area contributed by atoms with Gasteiger partial charge in [-0.25, -0.2) is 0 Å². The first-order chi connectivity index (χ1) is 6.68. The van der Waals surface area contributed by atoms with Crippen LogP contribution in [0.15, 0.2) is 11.6 Å². The summed E-state index contributed by atoms with van der Waals surface area (Å²) in [6.07, 6.45) is 10.2. The Balaban J connectivity index is 1.88. The molecule has 0 amide bonds. The maximum absolute atomic E-state index is 12.3. The average molecular weight is 213 g/mol. The van der Waals surface area contributed by atoms with E-state index in [0.717, 1.165) is 12.3 Å². The molecule has 2 aliphatic rings. The van der Waals surface area contributed by atoms with Gasteiger partial charge in [0.1, 0.15) is 0 Å². The Kier molecular flexibility index (Phi) is 3.14. The van der Waals surface area contributed by atoms with Crippen LogP contribution in [0.4, 0.5) is 0 Å². The molecule has 0 spiro atoms. The lowest BCUT2D eigenvalue weighted by molar-refractivity contribution is 0.412. The highest BCUT2D eigenvalue weighted by Crippen LogP contribution is 2.48. The van der Waals surface area contributed by atoms with Crippen molar-refractivity contribution in [3.05, 3.63) is 11.6 Å². The monoisotopic (exact) mass is 213 g/mol. The predicted molar refractivity (Wildman–Crippen MR) is 61.1 cm³/mol. The van der Waals surface area contributed by atoms with E-state index >= 15 is 0 Å². The van der Waals surface area contributed by atoms with E-state index in [2.05, 4.69) is 18.1 Å². The van der Waals surface area contributed by atoms with Gasteiger partial charge in [-0.3, -0.25) is 5.09 Å². The second kappa shape index (κ2) is 4.20. The van der Waals surface area contributed by atoms with Gasteiger partial charge in [0.25, 0.3) is 0 Å². The summed E-state index contributed by atoms with van der Waals surface area (Å²) in [6, 6.07) is 0.536. The van der Waals surface area contributed by atoms with Crippen molar-refractivity contribution < 1.29 is 4.57 Å². The van der Waals surface area contributed by atoms with Crippen LogP contribution in [0.3, 0.4) is 0 Å². The fourth-order valence-electron chi connectivity index (χ4n) is 2.50. The Bertz CT molecular complexity index is 279. The maximum atomic E-state index is 12.3. The molecule has 0 aromatic carbocycles. The first-order valence-corrected chi connectivity index (χ1v) is 7.77. The molecule has 0 aromatic rings. The van der Waals surface area contributed by atoms with E-state index in [1.54, 1.807) is 0 Å². The minimum atomic E-state index is -2.04. The molecule has 0 saturated heterocycles. The number of hydrogen-bond donors (Lipinski definition) is 1. The van der Waals surface area contributed by atoms with Crippen molar-refractivity contribution >= 4 is 7.29 Å². The smallest absolute Gasteiger partial charge is 0.155 e. The standard InChI is InChI=1S/C11H20NOP/c1-10-7-8-14(13,9-10)12-11-5-3-2-4-6-11/h7,11H,2-6,8-9H2,1H3,(H,12,13)/t14-/m1/s1. The van der Waals surface area contributed by atoms with Crippen molar-refractivity contribution in [2.24, 2.45) is 0 Å². The van der Waals surface area contributed by atoms with E-state index in [-0.39, 0.29) is 0 Å². The Morgan fingerprint density at radius 1 is 1.36 bits per heavy atom. The van der Waals surface area contributed by atoms with E-state index in [1.807, 2.05) is 0 Å². The molecule has 1 N–H and O–H groups in total. The van der Waals surface area contributed by atoms with E-state index < -0.39 is 7.29 Å². The fourth-order valence-corrected chi connectivity index (χ4v) is 5.29. The summed E-state index contributed by atoms with van der Waals surface area (Å²) in [7, 11) is -2.04. The third kappa shape index (κ3) is 2.49. The maximum Gasteiger partial charge on any atom is 0.155 e. The summed E-state index contributed by atoms with van der Waals surface area (Å²) in [5.74, 6) is 0. The Labute approximate surface area is 86.6 Å². The van der Waals surface area contributed by atoms with Gasteiger partial charge in [0.2, 0.25) is 0 Å². The van der Waals surface area contributed by atoms with Crippen molar-refractivity contribution in [2.45, 2.75) is 45.1 Å². The van der Waals surface area contributed by atoms with Crippen LogP contribution in [-0.2, 0) is 4.57 Å². The zero-order valence-corrected chi connectivity index (χ0v) is 9.85. The average Bonchev–Trinajstić information content (AvgIpc) is 2.47. The van der Waals surface area contributed by atoms with E-state index in [1.165, 1.54) is 37.7 Å². The van der Waals surface area contributed by atoms with Crippen LogP contribution in [0.25, 0.3) is 0 Å². The molecule has 1 fully saturated rings. The molecule has 1 aliphatic heterocycles. The third-order valence-electron chi connectivity index (χ3n) is 3.26. The van der Waals surface area contributed by atoms with Crippen molar-refractivity contribution in [2.75, 3.05) is 12.3 Å². The van der Waals surface area contributed by atoms with Crippen molar-refractivity contribution in [1.82, 2.24) is 5.09 Å². The molecule has 0 unspecified atom stereocenters. The van der Waals surface area contributed by atoms with Gasteiger partial charge in [-0.05, 0) is 19.8 Å². The highest BCUT2D eigenvalue weighted by atomic mass is 31.2. The summed E-state index contributed by atoms with van der Waals surface area (Å²) in [4.78, 5) is 0. The second-order valence-corrected chi connectivity index (χ2v) is 7.46. The van der Waals surface area contributed by atoms with Crippen LogP contribution in [0, 0.1) is 0 Å². The van der Waals surface area contributed by atoms with Crippen LogP contribution in [0.5, 0.6) is 0 Å². The molecule has 0 aromatic heterocycles. The van der Waals surface area contributed by atoms with Crippen LogP contribution in [-0.4, -0.2) is 18.4 Å². The summed E-state index contributed by atoms with van der Waals surface area (Å²) in [5.41, 5.74) is 1.30. The lowest BCUT2D eigenvalue weighted by Gasteiger charge is -2.26. The topological polar surface area (TPSA) is 29.1 Å². The normalized spacial score (nSPS) is 34.5. The quantitative estimate of drug-likeness (QED) is 0.564. The van der Waals surface area contributed by atoms with Crippen LogP contribution in [0.2, 0.25) is 0 Å². The lowest BCUT2D eigenvalue weighted by atomic mass is 9.96. The first kappa shape index (κ1) is 10.4. The van der Waals surface area contributed by atoms with E-state index in [9.17, 15) is 4.57 Å². The van der Waals surface area contributed by atoms with E-state index in [4.69, 9.17) is 0 Å². The number of hydrogen-bond acceptors (Lipinski definition) is 1. The van der Waals surface area contributed by atoms with Gasteiger partial charge in [-0.2, -0.15) is 0 Å². The Morgan fingerprint density at radius 2 is 2.07 bits per heavy atom. The second-order valence-electron chi connectivity index (χ2n) is 4.74. The molecule has 1 atom stereocenters. The number of nitrogens with one attached hydrogen (secondary N) is 1. The van der Waals surface area contributed by atoms with Gasteiger partial charge < -0.3 is 4.57 Å². The molecule has 0 bridgehead atoms. The van der Waals surface area contributed by atoms with Gasteiger partial charge in [-0.1, -0.05) is 30.9 Å². The molecule has 80 valence electrons. The van der Waals surface area contributed by atoms with Gasteiger partial charge in [-0.15, -0.1) is 0 Å². The van der Waals surface area contributed by atoms with Crippen molar-refractivity contribution in [1.29, 1.82) is 0 Å². The van der Waals surface area contributed by atoms with Gasteiger partial charge in [0.15, 0.2) is 7.29 Å². The highest BCUT2D eigenvalue weighted by Gasteiger charge is 2.29. The fraction of sp³-hybridized carbons (Fsp3) is 0.818. The van der Waals surface area contributed by atoms with Gasteiger partial charge in [0.05, 0.1) is 0 Å². The Hall–Kier alpha value is -0.0700. The third-order valence-corrected chi connectivity index (χ3v) is 5.88. The zero-order chi connectivity index (χ0) is 10.0. The molecule has 2 rings (SSSR count). The molecule has 0 radical (unpaired) electrons. The molecule has 2 nitrogen and oxygen atoms in total. The van der Waals surface area contributed by atoms with Crippen molar-refractivity contribution in [3.63, 3.8) is 0 Å². The van der Waals surface area contributed by atoms with Crippen LogP contribution < -0.4 is 5.09 Å². The zero-order valence-electron chi connectivity index (χ0n) is 8.96. The van der Waals surface area contributed by atoms with Gasteiger partial charge >= 0.3 is 0 Å². The molecule has 1 aliphatic carbocycles. The van der Waals surface area contributed by atoms with Gasteiger partial charge in [0, 0.05) is 18.4 Å². The minimum absolute atomic E-state index is 0.536. The van der Waals surface area contributed by atoms with Crippen LogP contribution >= 0.6 is 7.29 Å². The van der Waals surface area contributed by atoms with Crippen molar-refractivity contribution in [3.8, 4) is 0 Å². The molecular formula is C11H20NOP. The SMILES string of the molecule is CC1=CC[P@](=O)(NC2CCCCC2)C1. The summed E-state index contributed by atoms with van der Waals surface area (Å²) >= 11 is 0. The molecule has 1 saturated carbocycles. The predicted octanol–water partition coefficient (Wildman–Crippen LogP) is 3.15. The van der Waals surface area contributed by atoms with E-state index in [0.29, 0.717) is 6.04 Å². The highest BCUT2D eigenvalue weighted by molar-refractivity contribution is 7.62. The lowest BCUT2D eigenvalue weighted by Crippen LogP contribution is -2.29. The van der Waals surface area contributed by atoms with Crippen LogP contribution in [0.1, 0.15) is 39.0 Å². The summed E-state index contributed by atoms with van der Waals surface area (Å²) in [5, 5.41) is 3.43. The molecule has 1 heterocycles. The summed E-state index contributed by atoms with van der Waals surface area (Å²) < 4.78 is 12.3. The number of rotatable bonds is 2. The molecular weight excluding hydrogens is 193 g/mol. The summed E-state index contributed by atoms with van der Waals surface area (Å²) in [6.45, 7) is 2.09. The molecule has 3 heteroatoms. The Morgan fingerprint density at radius 3 is 2.64 bits per heavy atom. The number of allylic oxidation sites excluding steroid dienone is 2. The minimum Gasteiger partial charge on any atom is -0.306 e. The molecule has 14 heavy (non-hydrogen) atoms.